The van der Waals surface area contributed by atoms with E-state index in [0.717, 1.165) is 30.3 Å². The predicted molar refractivity (Wildman–Crippen MR) is 108 cm³/mol. The van der Waals surface area contributed by atoms with Gasteiger partial charge in [-0.25, -0.2) is 21.6 Å². The van der Waals surface area contributed by atoms with Gasteiger partial charge in [-0.1, -0.05) is 0 Å². The van der Waals surface area contributed by atoms with E-state index < -0.39 is 38.7 Å². The number of sulfonamides is 2. The molecule has 2 aromatic rings. The van der Waals surface area contributed by atoms with Crippen molar-refractivity contribution in [3.8, 4) is 0 Å². The van der Waals surface area contributed by atoms with Crippen LogP contribution in [-0.4, -0.2) is 49.6 Å². The number of alkyl halides is 3. The number of halogens is 3. The summed E-state index contributed by atoms with van der Waals surface area (Å²) >= 11 is 0. The number of carbonyl (C=O) groups is 1. The molecule has 0 saturated carbocycles. The van der Waals surface area contributed by atoms with Crippen LogP contribution in [0.3, 0.4) is 0 Å². The molecule has 4 N–H and O–H groups in total. The van der Waals surface area contributed by atoms with Gasteiger partial charge in [-0.05, 0) is 49.5 Å². The molecule has 0 radical (unpaired) electrons. The molecule has 170 valence electrons. The molecule has 0 aliphatic rings. The fourth-order valence-electron chi connectivity index (χ4n) is 2.38. The zero-order chi connectivity index (χ0) is 23.4. The second-order valence-electron chi connectivity index (χ2n) is 6.09. The molecular weight excluding hydrogens is 461 g/mol. The molecule has 9 nitrogen and oxygen atoms in total. The zero-order valence-electron chi connectivity index (χ0n) is 16.2. The van der Waals surface area contributed by atoms with Crippen LogP contribution >= 0.6 is 0 Å². The smallest absolute Gasteiger partial charge is 0.386 e. The van der Waals surface area contributed by atoms with Gasteiger partial charge in [-0.3, -0.25) is 9.52 Å². The average Bonchev–Trinajstić information content (AvgIpc) is 2.71. The first-order valence-electron chi connectivity index (χ1n) is 8.52. The van der Waals surface area contributed by atoms with Crippen LogP contribution in [0.15, 0.2) is 52.3 Å². The molecule has 0 atom stereocenters. The second-order valence-corrected chi connectivity index (χ2v) is 9.66. The molecule has 1 amide bonds. The molecule has 0 unspecified atom stereocenters. The van der Waals surface area contributed by atoms with Crippen molar-refractivity contribution < 1.29 is 34.8 Å². The Morgan fingerprint density at radius 3 is 1.97 bits per heavy atom. The standard InChI is InChI=1S/C17H19F3N4O5S2/c1-21-14-8-7-13(30(26,27)22-2)9-15(14)24-31(28,29)12-5-3-11(4-6-12)16(25)23-10-17(18,19)20/h3-9,21-22,24H,10H2,1-2H3,(H,23,25). The first-order chi connectivity index (χ1) is 14.3. The molecule has 0 aliphatic heterocycles. The van der Waals surface area contributed by atoms with Crippen molar-refractivity contribution in [3.63, 3.8) is 0 Å². The summed E-state index contributed by atoms with van der Waals surface area (Å²) in [6.07, 6.45) is -4.58. The SMILES string of the molecule is CNc1ccc(S(=O)(=O)NC)cc1NS(=O)(=O)c1ccc(C(=O)NCC(F)(F)F)cc1. The van der Waals surface area contributed by atoms with E-state index in [1.807, 2.05) is 0 Å². The van der Waals surface area contributed by atoms with Gasteiger partial charge in [-0.2, -0.15) is 13.2 Å². The molecule has 0 fully saturated rings. The number of amides is 1. The lowest BCUT2D eigenvalue weighted by Crippen LogP contribution is -2.33. The number of rotatable bonds is 8. The van der Waals surface area contributed by atoms with Gasteiger partial charge in [0.05, 0.1) is 21.2 Å². The van der Waals surface area contributed by atoms with Crippen molar-refractivity contribution in [2.24, 2.45) is 0 Å². The van der Waals surface area contributed by atoms with Crippen LogP contribution in [0.25, 0.3) is 0 Å². The number of nitrogens with one attached hydrogen (secondary N) is 4. The lowest BCUT2D eigenvalue weighted by molar-refractivity contribution is -0.123. The van der Waals surface area contributed by atoms with Gasteiger partial charge in [0.1, 0.15) is 6.54 Å². The van der Waals surface area contributed by atoms with Crippen molar-refractivity contribution in [2.45, 2.75) is 16.0 Å². The van der Waals surface area contributed by atoms with E-state index in [1.54, 1.807) is 5.32 Å². The highest BCUT2D eigenvalue weighted by Crippen LogP contribution is 2.27. The lowest BCUT2D eigenvalue weighted by atomic mass is 10.2. The summed E-state index contributed by atoms with van der Waals surface area (Å²) < 4.78 is 90.3. The predicted octanol–water partition coefficient (Wildman–Crippen LogP) is 1.73. The Hall–Kier alpha value is -2.84. The van der Waals surface area contributed by atoms with Crippen LogP contribution in [0, 0.1) is 0 Å². The molecule has 0 aromatic heterocycles. The van der Waals surface area contributed by atoms with Crippen LogP contribution < -0.4 is 20.1 Å². The van der Waals surface area contributed by atoms with Gasteiger partial charge in [0.2, 0.25) is 10.0 Å². The first-order valence-corrected chi connectivity index (χ1v) is 11.5. The Morgan fingerprint density at radius 2 is 1.45 bits per heavy atom. The van der Waals surface area contributed by atoms with Gasteiger partial charge in [0.25, 0.3) is 15.9 Å². The van der Waals surface area contributed by atoms with Crippen molar-refractivity contribution in [3.05, 3.63) is 48.0 Å². The van der Waals surface area contributed by atoms with E-state index in [-0.39, 0.29) is 21.0 Å². The normalized spacial score (nSPS) is 12.3. The topological polar surface area (TPSA) is 133 Å². The van der Waals surface area contributed by atoms with Gasteiger partial charge >= 0.3 is 6.18 Å². The molecule has 0 bridgehead atoms. The van der Waals surface area contributed by atoms with E-state index in [0.29, 0.717) is 5.69 Å². The van der Waals surface area contributed by atoms with Crippen LogP contribution in [0.1, 0.15) is 10.4 Å². The molecule has 31 heavy (non-hydrogen) atoms. The Labute approximate surface area is 177 Å². The van der Waals surface area contributed by atoms with Gasteiger partial charge in [0.15, 0.2) is 0 Å². The number of benzene rings is 2. The zero-order valence-corrected chi connectivity index (χ0v) is 17.9. The van der Waals surface area contributed by atoms with Gasteiger partial charge in [0, 0.05) is 12.6 Å². The van der Waals surface area contributed by atoms with E-state index >= 15 is 0 Å². The maximum atomic E-state index is 12.7. The van der Waals surface area contributed by atoms with Crippen LogP contribution in [-0.2, 0) is 20.0 Å². The van der Waals surface area contributed by atoms with Crippen molar-refractivity contribution in [2.75, 3.05) is 30.7 Å². The fourth-order valence-corrected chi connectivity index (χ4v) is 4.21. The van der Waals surface area contributed by atoms with Crippen molar-refractivity contribution in [1.82, 2.24) is 10.0 Å². The minimum absolute atomic E-state index is 0.0502. The Balaban J connectivity index is 2.29. The summed E-state index contributed by atoms with van der Waals surface area (Å²) in [6.45, 7) is -1.52. The maximum Gasteiger partial charge on any atom is 0.405 e. The van der Waals surface area contributed by atoms with Crippen molar-refractivity contribution >= 4 is 37.3 Å². The number of anilines is 2. The number of hydrogen-bond acceptors (Lipinski definition) is 6. The van der Waals surface area contributed by atoms with Crippen molar-refractivity contribution in [1.29, 1.82) is 0 Å². The Kier molecular flexibility index (Phi) is 7.18. The highest BCUT2D eigenvalue weighted by Gasteiger charge is 2.28. The number of hydrogen-bond donors (Lipinski definition) is 4. The van der Waals surface area contributed by atoms with E-state index in [4.69, 9.17) is 0 Å². The minimum atomic E-state index is -4.58. The molecule has 0 aliphatic carbocycles. The van der Waals surface area contributed by atoms with E-state index in [9.17, 15) is 34.8 Å². The van der Waals surface area contributed by atoms with Crippen LogP contribution in [0.4, 0.5) is 24.5 Å². The molecule has 0 saturated heterocycles. The van der Waals surface area contributed by atoms with E-state index in [2.05, 4.69) is 14.8 Å². The monoisotopic (exact) mass is 480 g/mol. The third-order valence-electron chi connectivity index (χ3n) is 3.96. The summed E-state index contributed by atoms with van der Waals surface area (Å²) in [4.78, 5) is 11.3. The first kappa shape index (κ1) is 24.4. The summed E-state index contributed by atoms with van der Waals surface area (Å²) in [5, 5.41) is 4.41. The van der Waals surface area contributed by atoms with Gasteiger partial charge < -0.3 is 10.6 Å². The second kappa shape index (κ2) is 9.11. The average molecular weight is 480 g/mol. The molecule has 2 aromatic carbocycles. The largest absolute Gasteiger partial charge is 0.405 e. The fraction of sp³-hybridized carbons (Fsp3) is 0.235. The van der Waals surface area contributed by atoms with E-state index in [1.165, 1.54) is 26.2 Å². The maximum absolute atomic E-state index is 12.7. The molecule has 0 heterocycles. The van der Waals surface area contributed by atoms with Crippen LogP contribution in [0.5, 0.6) is 0 Å². The number of carbonyl (C=O) groups excluding carboxylic acids is 1. The summed E-state index contributed by atoms with van der Waals surface area (Å²) in [5.41, 5.74) is 0.0776. The molecule has 14 heteroatoms. The highest BCUT2D eigenvalue weighted by molar-refractivity contribution is 7.92. The summed E-state index contributed by atoms with van der Waals surface area (Å²) in [5.74, 6) is -1.02. The third kappa shape index (κ3) is 6.32. The molecule has 2 rings (SSSR count). The minimum Gasteiger partial charge on any atom is -0.386 e. The quantitative estimate of drug-likeness (QED) is 0.455. The highest BCUT2D eigenvalue weighted by atomic mass is 32.2. The third-order valence-corrected chi connectivity index (χ3v) is 6.75. The Morgan fingerprint density at radius 1 is 0.871 bits per heavy atom. The van der Waals surface area contributed by atoms with Crippen LogP contribution in [0.2, 0.25) is 0 Å². The summed E-state index contributed by atoms with van der Waals surface area (Å²) in [7, 11) is -5.33. The molecule has 0 spiro atoms. The molecular formula is C17H19F3N4O5S2. The summed E-state index contributed by atoms with van der Waals surface area (Å²) in [6, 6.07) is 7.96. The Bertz CT molecular complexity index is 1170. The lowest BCUT2D eigenvalue weighted by Gasteiger charge is -2.14. The van der Waals surface area contributed by atoms with Gasteiger partial charge in [-0.15, -0.1) is 0 Å².